The number of likely N-dealkylation sites (tertiary alicyclic amines) is 1. The van der Waals surface area contributed by atoms with Gasteiger partial charge >= 0.3 is 0 Å². The Morgan fingerprint density at radius 1 is 1.12 bits per heavy atom. The van der Waals surface area contributed by atoms with Crippen LogP contribution in [0.5, 0.6) is 5.75 Å². The number of aliphatic hydroxyl groups excluding tert-OH is 2. The van der Waals surface area contributed by atoms with Gasteiger partial charge in [0.25, 0.3) is 0 Å². The Morgan fingerprint density at radius 2 is 1.85 bits per heavy atom. The number of hydrogen-bond donors (Lipinski definition) is 3. The lowest BCUT2D eigenvalue weighted by Crippen LogP contribution is -2.49. The molecule has 0 bridgehead atoms. The number of imidazole rings is 1. The largest absolute Gasteiger partial charge is 0.490 e. The number of rotatable bonds is 5. The lowest BCUT2D eigenvalue weighted by molar-refractivity contribution is -0.0567. The van der Waals surface area contributed by atoms with E-state index in [0.717, 1.165) is 18.6 Å². The average molecular weight is 495 g/mol. The molecule has 176 valence electrons. The van der Waals surface area contributed by atoms with Gasteiger partial charge in [-0.15, -0.1) is 11.6 Å². The van der Waals surface area contributed by atoms with Gasteiger partial charge in [0.1, 0.15) is 41.2 Å². The molecule has 3 aromatic rings. The standard InChI is InChI=1S/C21H24Cl2N6O4/c22-17(28-8-6-12(7-9-28)32-11-4-2-1-3-5-11)16-14(30)15(31)20(33-16)29-10-25-13-18(24)26-21(23)27-19(13)29/h1-5,10,12,14-17,20,30-31H,6-9H2,(H2,24,26,27)/t14-,15+,16-,17?,20+/m0/s1. The van der Waals surface area contributed by atoms with E-state index in [4.69, 9.17) is 38.4 Å². The number of fused-ring (bicyclic) bond motifs is 1. The molecule has 0 amide bonds. The molecule has 2 saturated heterocycles. The maximum absolute atomic E-state index is 10.7. The summed E-state index contributed by atoms with van der Waals surface area (Å²) in [5, 5.41) is 21.4. The Bertz CT molecular complexity index is 1110. The molecule has 2 aliphatic rings. The molecule has 0 spiro atoms. The molecule has 33 heavy (non-hydrogen) atoms. The fraction of sp³-hybridized carbons (Fsp3) is 0.476. The first-order valence-electron chi connectivity index (χ1n) is 10.7. The van der Waals surface area contributed by atoms with Crippen LogP contribution in [0.25, 0.3) is 11.2 Å². The monoisotopic (exact) mass is 494 g/mol. The number of benzene rings is 1. The van der Waals surface area contributed by atoms with Crippen LogP contribution in [-0.2, 0) is 4.74 Å². The minimum atomic E-state index is -1.25. The Labute approximate surface area is 199 Å². The van der Waals surface area contributed by atoms with Gasteiger partial charge in [-0.05, 0) is 36.6 Å². The highest BCUT2D eigenvalue weighted by atomic mass is 35.5. The fourth-order valence-corrected chi connectivity index (χ4v) is 4.95. The highest BCUT2D eigenvalue weighted by molar-refractivity contribution is 6.28. The van der Waals surface area contributed by atoms with Crippen LogP contribution in [0, 0.1) is 0 Å². The molecular weight excluding hydrogens is 471 g/mol. The lowest BCUT2D eigenvalue weighted by atomic mass is 10.0. The Kier molecular flexibility index (Phi) is 6.30. The number of anilines is 1. The maximum atomic E-state index is 10.7. The van der Waals surface area contributed by atoms with Gasteiger partial charge in [0.05, 0.1) is 6.33 Å². The third-order valence-electron chi connectivity index (χ3n) is 6.11. The number of nitrogens with zero attached hydrogens (tertiary/aromatic N) is 5. The van der Waals surface area contributed by atoms with Crippen molar-refractivity contribution in [2.24, 2.45) is 0 Å². The third-order valence-corrected chi connectivity index (χ3v) is 6.81. The van der Waals surface area contributed by atoms with Crippen LogP contribution in [0.15, 0.2) is 36.7 Å². The molecular formula is C21H24Cl2N6O4. The molecule has 0 aliphatic carbocycles. The first-order valence-corrected chi connectivity index (χ1v) is 11.5. The predicted octanol–water partition coefficient (Wildman–Crippen LogP) is 1.79. The SMILES string of the molecule is Nc1nc(Cl)nc2c1ncn2[C@@H]1O[C@H](C(Cl)N2CCC(Oc3ccccc3)CC2)[C@@H](O)[C@H]1O. The third kappa shape index (κ3) is 4.34. The van der Waals surface area contributed by atoms with E-state index in [1.165, 1.54) is 10.9 Å². The first-order chi connectivity index (χ1) is 15.9. The Balaban J connectivity index is 1.26. The first kappa shape index (κ1) is 22.6. The van der Waals surface area contributed by atoms with Crippen molar-refractivity contribution in [2.75, 3.05) is 18.8 Å². The van der Waals surface area contributed by atoms with E-state index in [1.807, 2.05) is 35.2 Å². The molecule has 12 heteroatoms. The molecule has 5 atom stereocenters. The topological polar surface area (TPSA) is 132 Å². The Hall–Kier alpha value is -2.21. The average Bonchev–Trinajstić information content (AvgIpc) is 3.36. The molecule has 4 heterocycles. The maximum Gasteiger partial charge on any atom is 0.226 e. The van der Waals surface area contributed by atoms with Gasteiger partial charge in [0, 0.05) is 13.1 Å². The van der Waals surface area contributed by atoms with E-state index < -0.39 is 30.0 Å². The van der Waals surface area contributed by atoms with Crippen molar-refractivity contribution in [2.45, 2.75) is 49.0 Å². The molecule has 0 saturated carbocycles. The lowest BCUT2D eigenvalue weighted by Gasteiger charge is -2.37. The molecule has 2 aliphatic heterocycles. The fourth-order valence-electron chi connectivity index (χ4n) is 4.38. The second-order valence-electron chi connectivity index (χ2n) is 8.21. The van der Waals surface area contributed by atoms with Gasteiger partial charge in [-0.25, -0.2) is 4.98 Å². The minimum Gasteiger partial charge on any atom is -0.490 e. The van der Waals surface area contributed by atoms with Gasteiger partial charge in [-0.3, -0.25) is 9.47 Å². The number of aliphatic hydroxyl groups is 2. The second-order valence-corrected chi connectivity index (χ2v) is 9.00. The normalized spacial score (nSPS) is 27.8. The summed E-state index contributed by atoms with van der Waals surface area (Å²) in [6, 6.07) is 9.71. The van der Waals surface area contributed by atoms with Crippen LogP contribution in [0.4, 0.5) is 5.82 Å². The van der Waals surface area contributed by atoms with Crippen molar-refractivity contribution < 1.29 is 19.7 Å². The van der Waals surface area contributed by atoms with E-state index >= 15 is 0 Å². The van der Waals surface area contributed by atoms with E-state index in [-0.39, 0.29) is 17.2 Å². The molecule has 10 nitrogen and oxygen atoms in total. The quantitative estimate of drug-likeness (QED) is 0.275. The predicted molar refractivity (Wildman–Crippen MR) is 122 cm³/mol. The van der Waals surface area contributed by atoms with Crippen molar-refractivity contribution in [3.05, 3.63) is 41.9 Å². The highest BCUT2D eigenvalue weighted by Gasteiger charge is 2.49. The van der Waals surface area contributed by atoms with Crippen molar-refractivity contribution in [1.29, 1.82) is 0 Å². The van der Waals surface area contributed by atoms with Crippen LogP contribution in [0.2, 0.25) is 5.28 Å². The number of piperidine rings is 1. The number of halogens is 2. The molecule has 1 aromatic carbocycles. The molecule has 4 N–H and O–H groups in total. The summed E-state index contributed by atoms with van der Waals surface area (Å²) in [4.78, 5) is 14.2. The molecule has 0 radical (unpaired) electrons. The zero-order valence-electron chi connectivity index (χ0n) is 17.5. The number of para-hydroxylation sites is 1. The van der Waals surface area contributed by atoms with Crippen LogP contribution in [0.1, 0.15) is 19.1 Å². The molecule has 1 unspecified atom stereocenters. The van der Waals surface area contributed by atoms with Gasteiger partial charge in [-0.2, -0.15) is 9.97 Å². The van der Waals surface area contributed by atoms with E-state index in [0.29, 0.717) is 24.3 Å². The van der Waals surface area contributed by atoms with Gasteiger partial charge in [0.15, 0.2) is 17.7 Å². The number of alkyl halides is 1. The van der Waals surface area contributed by atoms with Crippen LogP contribution < -0.4 is 10.5 Å². The van der Waals surface area contributed by atoms with Crippen molar-refractivity contribution in [3.63, 3.8) is 0 Å². The number of hydrogen-bond acceptors (Lipinski definition) is 9. The Morgan fingerprint density at radius 3 is 2.58 bits per heavy atom. The number of aromatic nitrogens is 4. The summed E-state index contributed by atoms with van der Waals surface area (Å²) >= 11 is 12.7. The summed E-state index contributed by atoms with van der Waals surface area (Å²) < 4.78 is 13.6. The van der Waals surface area contributed by atoms with Crippen molar-refractivity contribution >= 4 is 40.2 Å². The van der Waals surface area contributed by atoms with Gasteiger partial charge < -0.3 is 25.4 Å². The summed E-state index contributed by atoms with van der Waals surface area (Å²) in [5.74, 6) is 0.958. The number of nitrogens with two attached hydrogens (primary N) is 1. The number of ether oxygens (including phenoxy) is 2. The highest BCUT2D eigenvalue weighted by Crippen LogP contribution is 2.36. The minimum absolute atomic E-state index is 0.0536. The van der Waals surface area contributed by atoms with Crippen molar-refractivity contribution in [3.8, 4) is 5.75 Å². The summed E-state index contributed by atoms with van der Waals surface area (Å²) in [6.45, 7) is 1.35. The van der Waals surface area contributed by atoms with E-state index in [1.54, 1.807) is 0 Å². The molecule has 2 fully saturated rings. The molecule has 5 rings (SSSR count). The second kappa shape index (κ2) is 9.21. The molecule has 2 aromatic heterocycles. The smallest absolute Gasteiger partial charge is 0.226 e. The van der Waals surface area contributed by atoms with E-state index in [2.05, 4.69) is 15.0 Å². The van der Waals surface area contributed by atoms with E-state index in [9.17, 15) is 10.2 Å². The zero-order chi connectivity index (χ0) is 23.1. The van der Waals surface area contributed by atoms with Crippen LogP contribution >= 0.6 is 23.2 Å². The van der Waals surface area contributed by atoms with Gasteiger partial charge in [0.2, 0.25) is 5.28 Å². The summed E-state index contributed by atoms with van der Waals surface area (Å²) in [7, 11) is 0. The van der Waals surface area contributed by atoms with Crippen molar-refractivity contribution in [1.82, 2.24) is 24.4 Å². The zero-order valence-corrected chi connectivity index (χ0v) is 19.0. The number of nitrogen functional groups attached to an aromatic ring is 1. The van der Waals surface area contributed by atoms with Crippen LogP contribution in [0.3, 0.4) is 0 Å². The summed E-state index contributed by atoms with van der Waals surface area (Å²) in [6.07, 6.45) is -1.16. The van der Waals surface area contributed by atoms with Crippen LogP contribution in [-0.4, -0.2) is 77.6 Å². The van der Waals surface area contributed by atoms with Gasteiger partial charge in [-0.1, -0.05) is 18.2 Å². The summed E-state index contributed by atoms with van der Waals surface area (Å²) in [5.41, 5.74) is 5.85.